The van der Waals surface area contributed by atoms with Crippen LogP contribution in [0, 0.1) is 0 Å². The van der Waals surface area contributed by atoms with E-state index in [2.05, 4.69) is 5.32 Å². The molecule has 166 valence electrons. The van der Waals surface area contributed by atoms with Crippen molar-refractivity contribution in [3.8, 4) is 5.75 Å². The summed E-state index contributed by atoms with van der Waals surface area (Å²) in [5.41, 5.74) is 0.851. The standard InChI is InChI=1S/C25H25NO6/c1-15(27)26-21-22(28)23-20(14-29-24(32-23)17-8-3-2-4-9-17)31-25(21)30-19-12-11-16-7-5-6-10-18(16)13-19/h2-13,20-25,28H,14H2,1H3,(H,26,27)/t20-,21-,22+,23+,24+,25+/m1/s1. The summed E-state index contributed by atoms with van der Waals surface area (Å²) in [6, 6.07) is 22.3. The van der Waals surface area contributed by atoms with Gasteiger partial charge in [-0.15, -0.1) is 0 Å². The van der Waals surface area contributed by atoms with Gasteiger partial charge < -0.3 is 29.4 Å². The molecule has 2 aliphatic heterocycles. The fraction of sp³-hybridized carbons (Fsp3) is 0.320. The van der Waals surface area contributed by atoms with E-state index in [-0.39, 0.29) is 12.5 Å². The van der Waals surface area contributed by atoms with Gasteiger partial charge >= 0.3 is 0 Å². The number of carbonyl (C=O) groups is 1. The van der Waals surface area contributed by atoms with Crippen LogP contribution < -0.4 is 10.1 Å². The molecule has 7 heteroatoms. The molecule has 0 aromatic heterocycles. The van der Waals surface area contributed by atoms with E-state index in [1.807, 2.05) is 72.8 Å². The van der Waals surface area contributed by atoms with Gasteiger partial charge in [-0.3, -0.25) is 4.79 Å². The average molecular weight is 435 g/mol. The van der Waals surface area contributed by atoms with E-state index in [0.717, 1.165) is 16.3 Å². The van der Waals surface area contributed by atoms with E-state index < -0.39 is 36.9 Å². The van der Waals surface area contributed by atoms with Crippen LogP contribution in [0.5, 0.6) is 5.75 Å². The number of ether oxygens (including phenoxy) is 4. The molecule has 32 heavy (non-hydrogen) atoms. The van der Waals surface area contributed by atoms with Crippen LogP contribution in [-0.4, -0.2) is 48.3 Å². The molecule has 3 aromatic carbocycles. The minimum atomic E-state index is -1.04. The number of carbonyl (C=O) groups excluding carboxylic acids is 1. The maximum atomic E-state index is 11.9. The van der Waals surface area contributed by atoms with Crippen molar-refractivity contribution in [1.82, 2.24) is 5.32 Å². The quantitative estimate of drug-likeness (QED) is 0.656. The summed E-state index contributed by atoms with van der Waals surface area (Å²) >= 11 is 0. The summed E-state index contributed by atoms with van der Waals surface area (Å²) in [5, 5.41) is 16.0. The lowest BCUT2D eigenvalue weighted by molar-refractivity contribution is -0.333. The van der Waals surface area contributed by atoms with E-state index in [1.54, 1.807) is 0 Å². The lowest BCUT2D eigenvalue weighted by atomic mass is 9.95. The predicted molar refractivity (Wildman–Crippen MR) is 117 cm³/mol. The Morgan fingerprint density at radius 3 is 2.53 bits per heavy atom. The summed E-state index contributed by atoms with van der Waals surface area (Å²) in [6.07, 6.45) is -3.79. The van der Waals surface area contributed by atoms with Crippen molar-refractivity contribution in [2.45, 2.75) is 43.9 Å². The van der Waals surface area contributed by atoms with Gasteiger partial charge in [0.2, 0.25) is 12.2 Å². The topological polar surface area (TPSA) is 86.3 Å². The number of rotatable bonds is 4. The molecule has 2 fully saturated rings. The zero-order valence-electron chi connectivity index (χ0n) is 17.6. The van der Waals surface area contributed by atoms with E-state index in [0.29, 0.717) is 5.75 Å². The van der Waals surface area contributed by atoms with Crippen molar-refractivity contribution in [1.29, 1.82) is 0 Å². The second kappa shape index (κ2) is 8.88. The highest BCUT2D eigenvalue weighted by Crippen LogP contribution is 2.35. The molecule has 2 aliphatic rings. The van der Waals surface area contributed by atoms with E-state index in [9.17, 15) is 9.90 Å². The lowest BCUT2D eigenvalue weighted by Crippen LogP contribution is -2.67. The molecule has 3 aromatic rings. The molecule has 5 rings (SSSR count). The Kier molecular flexibility index (Phi) is 5.80. The van der Waals surface area contributed by atoms with Crippen molar-refractivity contribution in [3.63, 3.8) is 0 Å². The third-order valence-corrected chi connectivity index (χ3v) is 5.78. The molecule has 0 saturated carbocycles. The van der Waals surface area contributed by atoms with E-state index in [1.165, 1.54) is 6.92 Å². The first-order valence-corrected chi connectivity index (χ1v) is 10.7. The molecule has 0 bridgehead atoms. The Bertz CT molecular complexity index is 1090. The van der Waals surface area contributed by atoms with Gasteiger partial charge in [0.05, 0.1) is 6.61 Å². The second-order valence-electron chi connectivity index (χ2n) is 8.06. The molecule has 0 unspecified atom stereocenters. The molecule has 6 atom stereocenters. The van der Waals surface area contributed by atoms with Crippen molar-refractivity contribution < 1.29 is 28.8 Å². The van der Waals surface area contributed by atoms with Crippen LogP contribution in [0.4, 0.5) is 0 Å². The Morgan fingerprint density at radius 1 is 1.00 bits per heavy atom. The molecule has 0 aliphatic carbocycles. The van der Waals surface area contributed by atoms with Gasteiger partial charge in [0, 0.05) is 12.5 Å². The van der Waals surface area contributed by atoms with Gasteiger partial charge in [-0.1, -0.05) is 60.7 Å². The molecular weight excluding hydrogens is 410 g/mol. The molecule has 2 saturated heterocycles. The molecular formula is C25H25NO6. The maximum absolute atomic E-state index is 11.9. The highest BCUT2D eigenvalue weighted by atomic mass is 16.7. The summed E-state index contributed by atoms with van der Waals surface area (Å²) in [5.74, 6) is 0.282. The van der Waals surface area contributed by atoms with Crippen LogP contribution in [0.1, 0.15) is 18.8 Å². The maximum Gasteiger partial charge on any atom is 0.223 e. The third kappa shape index (κ3) is 4.20. The fourth-order valence-corrected chi connectivity index (χ4v) is 4.24. The SMILES string of the molecule is CC(=O)N[C@H]1[C@@H](Oc2ccc3ccccc3c2)O[C@@H]2CO[C@H](c3ccccc3)O[C@@H]2[C@H]1O. The zero-order chi connectivity index (χ0) is 22.1. The largest absolute Gasteiger partial charge is 0.463 e. The Labute approximate surface area is 185 Å². The minimum Gasteiger partial charge on any atom is -0.463 e. The number of fused-ring (bicyclic) bond motifs is 2. The number of hydrogen-bond donors (Lipinski definition) is 2. The summed E-state index contributed by atoms with van der Waals surface area (Å²) in [6.45, 7) is 1.62. The van der Waals surface area contributed by atoms with E-state index in [4.69, 9.17) is 18.9 Å². The first kappa shape index (κ1) is 20.9. The number of aliphatic hydroxyl groups excluding tert-OH is 1. The Hall–Kier alpha value is -2.97. The van der Waals surface area contributed by atoms with Gasteiger partial charge in [0.25, 0.3) is 0 Å². The van der Waals surface area contributed by atoms with Gasteiger partial charge in [-0.2, -0.15) is 0 Å². The van der Waals surface area contributed by atoms with Crippen LogP contribution in [0.2, 0.25) is 0 Å². The Balaban J connectivity index is 1.37. The minimum absolute atomic E-state index is 0.228. The van der Waals surface area contributed by atoms with Crippen LogP contribution in [-0.2, 0) is 19.0 Å². The Morgan fingerprint density at radius 2 is 1.75 bits per heavy atom. The van der Waals surface area contributed by atoms with Crippen LogP contribution in [0.3, 0.4) is 0 Å². The summed E-state index contributed by atoms with van der Waals surface area (Å²) in [4.78, 5) is 11.9. The predicted octanol–water partition coefficient (Wildman–Crippen LogP) is 2.92. The highest BCUT2D eigenvalue weighted by Gasteiger charge is 2.50. The monoisotopic (exact) mass is 435 g/mol. The fourth-order valence-electron chi connectivity index (χ4n) is 4.24. The first-order valence-electron chi connectivity index (χ1n) is 10.7. The molecule has 2 N–H and O–H groups in total. The molecule has 0 radical (unpaired) electrons. The first-order chi connectivity index (χ1) is 15.6. The van der Waals surface area contributed by atoms with Crippen molar-refractivity contribution in [2.24, 2.45) is 0 Å². The van der Waals surface area contributed by atoms with Gasteiger partial charge in [0.1, 0.15) is 30.1 Å². The summed E-state index contributed by atoms with van der Waals surface area (Å²) in [7, 11) is 0. The zero-order valence-corrected chi connectivity index (χ0v) is 17.6. The van der Waals surface area contributed by atoms with Crippen LogP contribution >= 0.6 is 0 Å². The number of nitrogens with one attached hydrogen (secondary N) is 1. The highest BCUT2D eigenvalue weighted by molar-refractivity contribution is 5.83. The third-order valence-electron chi connectivity index (χ3n) is 5.78. The van der Waals surface area contributed by atoms with Gasteiger partial charge in [-0.25, -0.2) is 0 Å². The lowest BCUT2D eigenvalue weighted by Gasteiger charge is -2.47. The second-order valence-corrected chi connectivity index (χ2v) is 8.06. The number of benzene rings is 3. The normalized spacial score (nSPS) is 29.8. The molecule has 1 amide bonds. The number of amides is 1. The van der Waals surface area contributed by atoms with Crippen LogP contribution in [0.15, 0.2) is 72.8 Å². The number of hydrogen-bond acceptors (Lipinski definition) is 6. The number of aliphatic hydroxyl groups is 1. The van der Waals surface area contributed by atoms with Crippen molar-refractivity contribution >= 4 is 16.7 Å². The molecule has 0 spiro atoms. The molecule has 2 heterocycles. The van der Waals surface area contributed by atoms with Gasteiger partial charge in [0.15, 0.2) is 6.29 Å². The summed E-state index contributed by atoms with van der Waals surface area (Å²) < 4.78 is 24.1. The van der Waals surface area contributed by atoms with Crippen molar-refractivity contribution in [2.75, 3.05) is 6.61 Å². The smallest absolute Gasteiger partial charge is 0.223 e. The average Bonchev–Trinajstić information content (AvgIpc) is 2.82. The van der Waals surface area contributed by atoms with E-state index >= 15 is 0 Å². The van der Waals surface area contributed by atoms with Crippen LogP contribution in [0.25, 0.3) is 10.8 Å². The van der Waals surface area contributed by atoms with Crippen molar-refractivity contribution in [3.05, 3.63) is 78.4 Å². The van der Waals surface area contributed by atoms with Gasteiger partial charge in [-0.05, 0) is 22.9 Å². The molecule has 7 nitrogen and oxygen atoms in total.